The van der Waals surface area contributed by atoms with Crippen molar-refractivity contribution in [1.29, 1.82) is 0 Å². The van der Waals surface area contributed by atoms with E-state index in [1.165, 1.54) is 58.6 Å². The summed E-state index contributed by atoms with van der Waals surface area (Å²) < 4.78 is 62.4. The van der Waals surface area contributed by atoms with Crippen molar-refractivity contribution in [3.63, 3.8) is 0 Å². The molecule has 0 aliphatic carbocycles. The second kappa shape index (κ2) is 9.23. The highest BCUT2D eigenvalue weighted by Crippen LogP contribution is 2.20. The first-order chi connectivity index (χ1) is 14.0. The molecular weight excluding hydrogens is 438 g/mol. The topological polar surface area (TPSA) is 157 Å². The minimum absolute atomic E-state index is 0.00537. The highest BCUT2D eigenvalue weighted by molar-refractivity contribution is 7.90. The number of ether oxygens (including phenoxy) is 2. The first kappa shape index (κ1) is 23.3. The number of rotatable bonds is 8. The lowest BCUT2D eigenvalue weighted by molar-refractivity contribution is 0.256. The van der Waals surface area contributed by atoms with Crippen molar-refractivity contribution < 1.29 is 31.1 Å². The van der Waals surface area contributed by atoms with Gasteiger partial charge in [0.15, 0.2) is 0 Å². The fraction of sp³-hybridized carbons (Fsp3) is 0.312. The van der Waals surface area contributed by atoms with E-state index in [0.29, 0.717) is 0 Å². The molecule has 12 nitrogen and oxygen atoms in total. The summed E-state index contributed by atoms with van der Waals surface area (Å²) in [5.74, 6) is -0.657. The van der Waals surface area contributed by atoms with Gasteiger partial charge in [-0.3, -0.25) is 5.32 Å². The molecule has 0 spiro atoms. The van der Waals surface area contributed by atoms with Gasteiger partial charge in [-0.1, -0.05) is 18.2 Å². The van der Waals surface area contributed by atoms with Crippen LogP contribution in [0, 0.1) is 0 Å². The molecule has 0 fully saturated rings. The molecule has 0 saturated carbocycles. The van der Waals surface area contributed by atoms with E-state index >= 15 is 0 Å². The van der Waals surface area contributed by atoms with Crippen LogP contribution in [-0.4, -0.2) is 65.5 Å². The smallest absolute Gasteiger partial charge is 0.335 e. The van der Waals surface area contributed by atoms with Crippen molar-refractivity contribution in [1.82, 2.24) is 19.0 Å². The average molecular weight is 460 g/mol. The Morgan fingerprint density at radius 1 is 1.03 bits per heavy atom. The van der Waals surface area contributed by atoms with Crippen LogP contribution in [0.5, 0.6) is 11.8 Å². The molecule has 0 aliphatic heterocycles. The Bertz CT molecular complexity index is 1110. The van der Waals surface area contributed by atoms with Crippen LogP contribution < -0.4 is 19.5 Å². The van der Waals surface area contributed by atoms with Gasteiger partial charge in [0.05, 0.1) is 30.9 Å². The summed E-state index contributed by atoms with van der Waals surface area (Å²) in [5.41, 5.74) is 0.00537. The second-order valence-corrected chi connectivity index (χ2v) is 9.82. The normalized spacial score (nSPS) is 11.8. The Kier molecular flexibility index (Phi) is 7.17. The molecule has 1 aromatic heterocycles. The Hall–Kier alpha value is -2.97. The Morgan fingerprint density at radius 2 is 1.60 bits per heavy atom. The molecule has 2 rings (SSSR count). The number of carbonyl (C=O) groups is 1. The van der Waals surface area contributed by atoms with Crippen molar-refractivity contribution in [3.8, 4) is 11.8 Å². The van der Waals surface area contributed by atoms with Gasteiger partial charge in [0.1, 0.15) is 0 Å². The number of sulfonamides is 2. The third-order valence-electron chi connectivity index (χ3n) is 3.71. The maximum absolute atomic E-state index is 12.7. The number of anilines is 1. The van der Waals surface area contributed by atoms with Gasteiger partial charge in [0.25, 0.3) is 10.0 Å². The summed E-state index contributed by atoms with van der Waals surface area (Å²) in [6.07, 6.45) is 0. The van der Waals surface area contributed by atoms with E-state index in [-0.39, 0.29) is 28.2 Å². The van der Waals surface area contributed by atoms with Crippen LogP contribution in [0.3, 0.4) is 0 Å². The lowest BCUT2D eigenvalue weighted by Gasteiger charge is -2.15. The minimum atomic E-state index is -4.40. The van der Waals surface area contributed by atoms with Crippen molar-refractivity contribution in [2.24, 2.45) is 0 Å². The number of hydrogen-bond donors (Lipinski definition) is 2. The van der Waals surface area contributed by atoms with Crippen LogP contribution in [0.1, 0.15) is 5.56 Å². The summed E-state index contributed by atoms with van der Waals surface area (Å²) >= 11 is 0. The summed E-state index contributed by atoms with van der Waals surface area (Å²) in [4.78, 5) is 19.6. The van der Waals surface area contributed by atoms with Gasteiger partial charge in [-0.15, -0.1) is 0 Å². The minimum Gasteiger partial charge on any atom is -0.481 e. The van der Waals surface area contributed by atoms with E-state index in [0.717, 1.165) is 4.31 Å². The van der Waals surface area contributed by atoms with Crippen LogP contribution in [0.15, 0.2) is 35.2 Å². The number of nitrogens with zero attached hydrogens (tertiary/aromatic N) is 3. The molecule has 2 N–H and O–H groups in total. The second-order valence-electron chi connectivity index (χ2n) is 5.98. The largest absolute Gasteiger partial charge is 0.481 e. The van der Waals surface area contributed by atoms with E-state index in [1.807, 2.05) is 0 Å². The van der Waals surface area contributed by atoms with Gasteiger partial charge in [-0.05, 0) is 11.6 Å². The standard InChI is InChI=1S/C16H21N5O7S2/c1-21(2)29(23,24)10-11-7-5-6-8-12(11)30(25,26)20-16(22)19-15-17-13(27-3)9-14(18-15)28-4/h5-9H,10H2,1-4H3,(H2,17,18,19,20,22). The number of methoxy groups -OCH3 is 2. The summed E-state index contributed by atoms with van der Waals surface area (Å²) in [6.45, 7) is 0. The van der Waals surface area contributed by atoms with Crippen LogP contribution in [0.4, 0.5) is 10.7 Å². The van der Waals surface area contributed by atoms with Crippen molar-refractivity contribution in [3.05, 3.63) is 35.9 Å². The first-order valence-corrected chi connectivity index (χ1v) is 11.4. The third kappa shape index (κ3) is 5.77. The van der Waals surface area contributed by atoms with Gasteiger partial charge in [0, 0.05) is 14.1 Å². The number of amides is 2. The van der Waals surface area contributed by atoms with E-state index in [4.69, 9.17) is 9.47 Å². The predicted molar refractivity (Wildman–Crippen MR) is 107 cm³/mol. The molecule has 0 radical (unpaired) electrons. The third-order valence-corrected chi connectivity index (χ3v) is 6.93. The maximum atomic E-state index is 12.7. The zero-order valence-electron chi connectivity index (χ0n) is 16.6. The molecule has 30 heavy (non-hydrogen) atoms. The fourth-order valence-electron chi connectivity index (χ4n) is 2.18. The lowest BCUT2D eigenvalue weighted by Crippen LogP contribution is -2.35. The van der Waals surface area contributed by atoms with Crippen LogP contribution >= 0.6 is 0 Å². The number of hydrogen-bond acceptors (Lipinski definition) is 9. The molecule has 2 aromatic rings. The molecule has 1 aromatic carbocycles. The summed E-state index contributed by atoms with van der Waals surface area (Å²) in [6, 6.07) is 5.66. The van der Waals surface area contributed by atoms with E-state index in [1.54, 1.807) is 4.72 Å². The van der Waals surface area contributed by atoms with Crippen molar-refractivity contribution >= 4 is 32.0 Å². The Morgan fingerprint density at radius 3 is 2.13 bits per heavy atom. The zero-order valence-corrected chi connectivity index (χ0v) is 18.2. The number of urea groups is 1. The van der Waals surface area contributed by atoms with Crippen LogP contribution in [0.2, 0.25) is 0 Å². The van der Waals surface area contributed by atoms with E-state index in [2.05, 4.69) is 15.3 Å². The highest BCUT2D eigenvalue weighted by atomic mass is 32.2. The molecule has 164 valence electrons. The van der Waals surface area contributed by atoms with Gasteiger partial charge < -0.3 is 9.47 Å². The zero-order chi connectivity index (χ0) is 22.5. The fourth-order valence-corrected chi connectivity index (χ4v) is 4.33. The predicted octanol–water partition coefficient (Wildman–Crippen LogP) is 0.396. The SMILES string of the molecule is COc1cc(OC)nc(NC(=O)NS(=O)(=O)c2ccccc2CS(=O)(=O)N(C)C)n1. The Balaban J connectivity index is 2.26. The first-order valence-electron chi connectivity index (χ1n) is 8.27. The molecular formula is C16H21N5O7S2. The van der Waals surface area contributed by atoms with E-state index in [9.17, 15) is 21.6 Å². The van der Waals surface area contributed by atoms with Crippen molar-refractivity contribution in [2.75, 3.05) is 33.6 Å². The van der Waals surface area contributed by atoms with Gasteiger partial charge in [-0.25, -0.2) is 30.7 Å². The molecule has 14 heteroatoms. The molecule has 1 heterocycles. The van der Waals surface area contributed by atoms with Crippen molar-refractivity contribution in [2.45, 2.75) is 10.6 Å². The number of carbonyl (C=O) groups excluding carboxylic acids is 1. The van der Waals surface area contributed by atoms with Gasteiger partial charge in [0.2, 0.25) is 27.7 Å². The average Bonchev–Trinajstić information content (AvgIpc) is 2.66. The van der Waals surface area contributed by atoms with Crippen LogP contribution in [-0.2, 0) is 25.8 Å². The quantitative estimate of drug-likeness (QED) is 0.570. The Labute approximate surface area is 174 Å². The number of aromatic nitrogens is 2. The molecule has 0 saturated heterocycles. The van der Waals surface area contributed by atoms with E-state index < -0.39 is 31.8 Å². The van der Waals surface area contributed by atoms with Crippen LogP contribution in [0.25, 0.3) is 0 Å². The molecule has 0 atom stereocenters. The summed E-state index contributed by atoms with van der Waals surface area (Å²) in [7, 11) is -2.78. The lowest BCUT2D eigenvalue weighted by atomic mass is 10.2. The van der Waals surface area contributed by atoms with Gasteiger partial charge in [-0.2, -0.15) is 9.97 Å². The number of nitrogens with one attached hydrogen (secondary N) is 2. The summed E-state index contributed by atoms with van der Waals surface area (Å²) in [5, 5.41) is 2.17. The molecule has 0 aliphatic rings. The molecule has 2 amide bonds. The highest BCUT2D eigenvalue weighted by Gasteiger charge is 2.25. The molecule has 0 unspecified atom stereocenters. The molecule has 0 bridgehead atoms. The monoisotopic (exact) mass is 459 g/mol. The number of benzene rings is 1. The maximum Gasteiger partial charge on any atom is 0.335 e. The van der Waals surface area contributed by atoms with Gasteiger partial charge >= 0.3 is 6.03 Å².